The quantitative estimate of drug-likeness (QED) is 0.703. The van der Waals surface area contributed by atoms with Crippen LogP contribution in [0.1, 0.15) is 26.3 Å². The van der Waals surface area contributed by atoms with Crippen molar-refractivity contribution in [2.75, 3.05) is 18.6 Å². The smallest absolute Gasteiger partial charge is 0.119 e. The molecule has 0 amide bonds. The molecule has 0 atom stereocenters. The summed E-state index contributed by atoms with van der Waals surface area (Å²) in [6, 6.07) is 16.1. The molecule has 2 aromatic rings. The number of likely N-dealkylation sites (N-methyl/N-ethyl adjacent to an activating group) is 1. The molecule has 1 aliphatic rings. The molecule has 0 spiro atoms. The van der Waals surface area contributed by atoms with E-state index in [0.717, 1.165) is 17.1 Å². The van der Waals surface area contributed by atoms with Crippen LogP contribution in [0.5, 0.6) is 5.75 Å². The predicted octanol–water partition coefficient (Wildman–Crippen LogP) is 5.44. The first kappa shape index (κ1) is 16.2. The van der Waals surface area contributed by atoms with Crippen molar-refractivity contribution in [1.29, 1.82) is 0 Å². The molecule has 4 nitrogen and oxygen atoms in total. The van der Waals surface area contributed by atoms with Crippen LogP contribution < -0.4 is 9.64 Å². The molecule has 0 radical (unpaired) electrons. The van der Waals surface area contributed by atoms with E-state index in [2.05, 4.69) is 60.3 Å². The summed E-state index contributed by atoms with van der Waals surface area (Å²) >= 11 is 0. The largest absolute Gasteiger partial charge is 0.494 e. The first-order valence-corrected chi connectivity index (χ1v) is 8.21. The van der Waals surface area contributed by atoms with Crippen LogP contribution in [0.4, 0.5) is 11.4 Å². The highest BCUT2D eigenvalue weighted by atomic mass is 16.5. The SMILES string of the molecule is CCOc1ccc(N=N/C=C2/N(C)c3ccccc3C2(C)C)cc1. The second-order valence-corrected chi connectivity index (χ2v) is 6.36. The number of para-hydroxylation sites is 1. The Morgan fingerprint density at radius 1 is 1.08 bits per heavy atom. The van der Waals surface area contributed by atoms with E-state index in [4.69, 9.17) is 4.74 Å². The van der Waals surface area contributed by atoms with E-state index in [1.165, 1.54) is 11.3 Å². The van der Waals surface area contributed by atoms with E-state index in [0.29, 0.717) is 6.61 Å². The van der Waals surface area contributed by atoms with Crippen LogP contribution in [0.3, 0.4) is 0 Å². The van der Waals surface area contributed by atoms with Gasteiger partial charge < -0.3 is 9.64 Å². The van der Waals surface area contributed by atoms with Gasteiger partial charge in [0.05, 0.1) is 18.5 Å². The van der Waals surface area contributed by atoms with Crippen molar-refractivity contribution in [3.05, 3.63) is 66.0 Å². The average molecular weight is 321 g/mol. The Hall–Kier alpha value is -2.62. The van der Waals surface area contributed by atoms with Gasteiger partial charge in [-0.3, -0.25) is 0 Å². The second-order valence-electron chi connectivity index (χ2n) is 6.36. The monoisotopic (exact) mass is 321 g/mol. The highest BCUT2D eigenvalue weighted by Crippen LogP contribution is 2.46. The number of benzene rings is 2. The molecule has 4 heteroatoms. The Morgan fingerprint density at radius 3 is 2.46 bits per heavy atom. The Morgan fingerprint density at radius 2 is 1.79 bits per heavy atom. The number of ether oxygens (including phenoxy) is 1. The van der Waals surface area contributed by atoms with E-state index in [1.807, 2.05) is 37.4 Å². The van der Waals surface area contributed by atoms with Crippen LogP contribution in [0, 0.1) is 0 Å². The lowest BCUT2D eigenvalue weighted by molar-refractivity contribution is 0.340. The highest BCUT2D eigenvalue weighted by molar-refractivity contribution is 5.69. The third-order valence-electron chi connectivity index (χ3n) is 4.44. The Bertz CT molecular complexity index is 776. The summed E-state index contributed by atoms with van der Waals surface area (Å²) in [5.74, 6) is 0.849. The summed E-state index contributed by atoms with van der Waals surface area (Å²) in [4.78, 5) is 2.19. The molecule has 1 heterocycles. The van der Waals surface area contributed by atoms with Crippen LogP contribution in [0.2, 0.25) is 0 Å². The van der Waals surface area contributed by atoms with E-state index in [9.17, 15) is 0 Å². The van der Waals surface area contributed by atoms with Crippen molar-refractivity contribution in [3.8, 4) is 5.75 Å². The van der Waals surface area contributed by atoms with Gasteiger partial charge in [-0.25, -0.2) is 0 Å². The Labute approximate surface area is 143 Å². The van der Waals surface area contributed by atoms with Gasteiger partial charge in [-0.15, -0.1) is 0 Å². The maximum atomic E-state index is 5.43. The molecule has 0 aliphatic carbocycles. The van der Waals surface area contributed by atoms with Crippen molar-refractivity contribution in [2.24, 2.45) is 10.2 Å². The lowest BCUT2D eigenvalue weighted by Crippen LogP contribution is -2.22. The Kier molecular flexibility index (Phi) is 4.38. The zero-order chi connectivity index (χ0) is 17.2. The zero-order valence-corrected chi connectivity index (χ0v) is 14.7. The third-order valence-corrected chi connectivity index (χ3v) is 4.44. The van der Waals surface area contributed by atoms with Gasteiger partial charge in [0, 0.05) is 23.8 Å². The summed E-state index contributed by atoms with van der Waals surface area (Å²) in [6.07, 6.45) is 1.86. The maximum Gasteiger partial charge on any atom is 0.119 e. The molecule has 0 unspecified atom stereocenters. The first-order valence-electron chi connectivity index (χ1n) is 8.21. The van der Waals surface area contributed by atoms with Crippen LogP contribution in [0.15, 0.2) is 70.7 Å². The third kappa shape index (κ3) is 2.92. The van der Waals surface area contributed by atoms with Gasteiger partial charge in [0.2, 0.25) is 0 Å². The number of allylic oxidation sites excluding steroid dienone is 1. The van der Waals surface area contributed by atoms with E-state index in [1.54, 1.807) is 0 Å². The van der Waals surface area contributed by atoms with Crippen molar-refractivity contribution in [2.45, 2.75) is 26.2 Å². The molecule has 0 N–H and O–H groups in total. The number of anilines is 1. The van der Waals surface area contributed by atoms with Gasteiger partial charge in [-0.1, -0.05) is 32.0 Å². The summed E-state index contributed by atoms with van der Waals surface area (Å²) < 4.78 is 5.43. The van der Waals surface area contributed by atoms with Gasteiger partial charge in [-0.2, -0.15) is 10.2 Å². The van der Waals surface area contributed by atoms with Gasteiger partial charge in [0.1, 0.15) is 5.75 Å². The van der Waals surface area contributed by atoms with E-state index in [-0.39, 0.29) is 5.41 Å². The van der Waals surface area contributed by atoms with Crippen molar-refractivity contribution >= 4 is 11.4 Å². The predicted molar refractivity (Wildman–Crippen MR) is 98.1 cm³/mol. The van der Waals surface area contributed by atoms with Gasteiger partial charge in [0.15, 0.2) is 0 Å². The number of rotatable bonds is 4. The second kappa shape index (κ2) is 6.48. The van der Waals surface area contributed by atoms with Gasteiger partial charge in [-0.05, 0) is 42.8 Å². The van der Waals surface area contributed by atoms with Crippen LogP contribution >= 0.6 is 0 Å². The topological polar surface area (TPSA) is 37.2 Å². The van der Waals surface area contributed by atoms with Crippen molar-refractivity contribution in [3.63, 3.8) is 0 Å². The van der Waals surface area contributed by atoms with Gasteiger partial charge in [0.25, 0.3) is 0 Å². The van der Waals surface area contributed by atoms with Crippen LogP contribution in [-0.2, 0) is 5.41 Å². The zero-order valence-electron chi connectivity index (χ0n) is 14.7. The molecule has 0 saturated carbocycles. The standard InChI is InChI=1S/C20H23N3O/c1-5-24-16-12-10-15(11-13-16)22-21-14-19-20(2,3)17-8-6-7-9-18(17)23(19)4/h6-14H,5H2,1-4H3/b19-14+,22-21?. The normalized spacial score (nSPS) is 17.5. The molecular formula is C20H23N3O. The van der Waals surface area contributed by atoms with Gasteiger partial charge >= 0.3 is 0 Å². The molecule has 24 heavy (non-hydrogen) atoms. The summed E-state index contributed by atoms with van der Waals surface area (Å²) in [5, 5.41) is 8.61. The fraction of sp³-hybridized carbons (Fsp3) is 0.300. The fourth-order valence-corrected chi connectivity index (χ4v) is 3.16. The van der Waals surface area contributed by atoms with Crippen molar-refractivity contribution in [1.82, 2.24) is 0 Å². The van der Waals surface area contributed by atoms with Crippen LogP contribution in [-0.4, -0.2) is 13.7 Å². The molecule has 1 aliphatic heterocycles. The first-order chi connectivity index (χ1) is 11.5. The number of hydrogen-bond donors (Lipinski definition) is 0. The highest BCUT2D eigenvalue weighted by Gasteiger charge is 2.38. The minimum atomic E-state index is -0.0802. The molecule has 0 saturated heterocycles. The molecule has 0 fully saturated rings. The van der Waals surface area contributed by atoms with E-state index >= 15 is 0 Å². The maximum absolute atomic E-state index is 5.43. The lowest BCUT2D eigenvalue weighted by atomic mass is 9.84. The average Bonchev–Trinajstić information content (AvgIpc) is 2.78. The number of azo groups is 1. The van der Waals surface area contributed by atoms with Crippen molar-refractivity contribution < 1.29 is 4.74 Å². The molecule has 0 aromatic heterocycles. The molecular weight excluding hydrogens is 298 g/mol. The molecule has 2 aromatic carbocycles. The molecule has 124 valence electrons. The summed E-state index contributed by atoms with van der Waals surface area (Å²) in [7, 11) is 2.08. The minimum Gasteiger partial charge on any atom is -0.494 e. The van der Waals surface area contributed by atoms with E-state index < -0.39 is 0 Å². The fourth-order valence-electron chi connectivity index (χ4n) is 3.16. The summed E-state index contributed by atoms with van der Waals surface area (Å²) in [6.45, 7) is 7.06. The minimum absolute atomic E-state index is 0.0802. The number of nitrogens with zero attached hydrogens (tertiary/aromatic N) is 3. The Balaban J connectivity index is 1.82. The number of fused-ring (bicyclic) bond motifs is 1. The molecule has 0 bridgehead atoms. The summed E-state index contributed by atoms with van der Waals surface area (Å²) in [5.41, 5.74) is 4.41. The van der Waals surface area contributed by atoms with Crippen LogP contribution in [0.25, 0.3) is 0 Å². The number of hydrogen-bond acceptors (Lipinski definition) is 4. The lowest BCUT2D eigenvalue weighted by Gasteiger charge is -2.22. The molecule has 3 rings (SSSR count).